The summed E-state index contributed by atoms with van der Waals surface area (Å²) in [4.78, 5) is 4.46. The number of ether oxygens (including phenoxy) is 2. The summed E-state index contributed by atoms with van der Waals surface area (Å²) in [5.74, 6) is 0.971. The Hall–Kier alpha value is -1.07. The molecule has 120 valence electrons. The maximum absolute atomic E-state index is 6.04. The van der Waals surface area contributed by atoms with Crippen LogP contribution in [0.3, 0.4) is 0 Å². The van der Waals surface area contributed by atoms with Crippen LogP contribution in [0.15, 0.2) is 12.4 Å². The third-order valence-corrected chi connectivity index (χ3v) is 4.58. The summed E-state index contributed by atoms with van der Waals surface area (Å²) in [6.45, 7) is 6.99. The van der Waals surface area contributed by atoms with Gasteiger partial charge >= 0.3 is 0 Å². The Morgan fingerprint density at radius 2 is 2.29 bits per heavy atom. The first-order valence-corrected chi connectivity index (χ1v) is 8.13. The van der Waals surface area contributed by atoms with E-state index in [9.17, 15) is 0 Å². The number of imidazole rings is 1. The Morgan fingerprint density at radius 3 is 3.00 bits per heavy atom. The van der Waals surface area contributed by atoms with Gasteiger partial charge < -0.3 is 19.4 Å². The number of rotatable bonds is 8. The van der Waals surface area contributed by atoms with Crippen molar-refractivity contribution < 1.29 is 9.47 Å². The molecule has 1 aromatic rings. The molecule has 1 atom stereocenters. The molecule has 1 aliphatic heterocycles. The smallest absolute Gasteiger partial charge is 0.202 e. The van der Waals surface area contributed by atoms with Crippen LogP contribution >= 0.6 is 0 Å². The first-order chi connectivity index (χ1) is 10.2. The second-order valence-electron chi connectivity index (χ2n) is 5.86. The van der Waals surface area contributed by atoms with Crippen molar-refractivity contribution in [2.45, 2.75) is 64.1 Å². The lowest BCUT2D eigenvalue weighted by Crippen LogP contribution is -2.44. The molecule has 1 fully saturated rings. The maximum atomic E-state index is 6.04. The van der Waals surface area contributed by atoms with Gasteiger partial charge in [-0.05, 0) is 32.1 Å². The second-order valence-corrected chi connectivity index (χ2v) is 5.86. The number of hydrogen-bond acceptors (Lipinski definition) is 4. The highest BCUT2D eigenvalue weighted by molar-refractivity contribution is 5.28. The van der Waals surface area contributed by atoms with Gasteiger partial charge in [-0.25, -0.2) is 4.98 Å². The highest BCUT2D eigenvalue weighted by Crippen LogP contribution is 2.32. The third-order valence-electron chi connectivity index (χ3n) is 4.58. The molecule has 0 aliphatic carbocycles. The van der Waals surface area contributed by atoms with E-state index in [1.54, 1.807) is 7.11 Å². The molecule has 2 heterocycles. The van der Waals surface area contributed by atoms with Crippen LogP contribution in [0.4, 0.5) is 5.95 Å². The highest BCUT2D eigenvalue weighted by atomic mass is 16.5. The van der Waals surface area contributed by atoms with Gasteiger partial charge in [-0.15, -0.1) is 0 Å². The van der Waals surface area contributed by atoms with Crippen molar-refractivity contribution >= 4 is 5.95 Å². The van der Waals surface area contributed by atoms with E-state index in [4.69, 9.17) is 9.47 Å². The molecular weight excluding hydrogens is 266 g/mol. The van der Waals surface area contributed by atoms with Gasteiger partial charge in [-0.2, -0.15) is 0 Å². The highest BCUT2D eigenvalue weighted by Gasteiger charge is 2.34. The molecule has 1 N–H and O–H groups in total. The summed E-state index contributed by atoms with van der Waals surface area (Å²) in [6, 6.07) is 0.447. The fraction of sp³-hybridized carbons (Fsp3) is 0.812. The van der Waals surface area contributed by atoms with Gasteiger partial charge in [0.05, 0.1) is 5.60 Å². The SMILES string of the molecule is CCC1(CC)CC(Nc2nccn2CCCOC)CCO1. The Kier molecular flexibility index (Phi) is 6.06. The molecule has 1 aromatic heterocycles. The lowest BCUT2D eigenvalue weighted by Gasteiger charge is -2.40. The molecule has 0 radical (unpaired) electrons. The number of nitrogens with one attached hydrogen (secondary N) is 1. The predicted octanol–water partition coefficient (Wildman–Crippen LogP) is 3.07. The molecule has 0 aromatic carbocycles. The molecule has 0 bridgehead atoms. The summed E-state index contributed by atoms with van der Waals surface area (Å²) in [5, 5.41) is 3.61. The van der Waals surface area contributed by atoms with Crippen molar-refractivity contribution in [2.24, 2.45) is 0 Å². The van der Waals surface area contributed by atoms with Crippen LogP contribution in [0.1, 0.15) is 46.0 Å². The summed E-state index contributed by atoms with van der Waals surface area (Å²) < 4.78 is 13.3. The monoisotopic (exact) mass is 295 g/mol. The standard InChI is InChI=1S/C16H29N3O2/c1-4-16(5-2)13-14(7-12-21-16)18-15-17-8-10-19(15)9-6-11-20-3/h8,10,14H,4-7,9,11-13H2,1-3H3,(H,17,18). The van der Waals surface area contributed by atoms with Gasteiger partial charge in [0.1, 0.15) is 0 Å². The van der Waals surface area contributed by atoms with E-state index < -0.39 is 0 Å². The maximum Gasteiger partial charge on any atom is 0.202 e. The molecule has 0 spiro atoms. The van der Waals surface area contributed by atoms with Gasteiger partial charge in [-0.3, -0.25) is 0 Å². The minimum Gasteiger partial charge on any atom is -0.385 e. The molecular formula is C16H29N3O2. The number of aromatic nitrogens is 2. The van der Waals surface area contributed by atoms with Crippen LogP contribution in [-0.4, -0.2) is 41.5 Å². The minimum absolute atomic E-state index is 0.0450. The molecule has 1 unspecified atom stereocenters. The Bertz CT molecular complexity index is 415. The van der Waals surface area contributed by atoms with Crippen LogP contribution in [-0.2, 0) is 16.0 Å². The van der Waals surface area contributed by atoms with Crippen molar-refractivity contribution in [2.75, 3.05) is 25.6 Å². The molecule has 1 aliphatic rings. The van der Waals surface area contributed by atoms with Crippen LogP contribution in [0.25, 0.3) is 0 Å². The van der Waals surface area contributed by atoms with Crippen LogP contribution < -0.4 is 5.32 Å². The van der Waals surface area contributed by atoms with Gasteiger partial charge in [0.25, 0.3) is 0 Å². The number of hydrogen-bond donors (Lipinski definition) is 1. The largest absolute Gasteiger partial charge is 0.385 e. The number of nitrogens with zero attached hydrogens (tertiary/aromatic N) is 2. The van der Waals surface area contributed by atoms with Gasteiger partial charge in [0.15, 0.2) is 0 Å². The fourth-order valence-electron chi connectivity index (χ4n) is 3.09. The van der Waals surface area contributed by atoms with Crippen LogP contribution in [0.5, 0.6) is 0 Å². The van der Waals surface area contributed by atoms with Crippen molar-refractivity contribution in [3.8, 4) is 0 Å². The quantitative estimate of drug-likeness (QED) is 0.749. The zero-order valence-electron chi connectivity index (χ0n) is 13.6. The van der Waals surface area contributed by atoms with Crippen LogP contribution in [0, 0.1) is 0 Å². The third kappa shape index (κ3) is 4.20. The Balaban J connectivity index is 1.93. The first kappa shape index (κ1) is 16.3. The van der Waals surface area contributed by atoms with E-state index in [0.717, 1.165) is 57.8 Å². The average Bonchev–Trinajstić information content (AvgIpc) is 2.95. The van der Waals surface area contributed by atoms with E-state index in [1.165, 1.54) is 0 Å². The summed E-state index contributed by atoms with van der Waals surface area (Å²) in [5.41, 5.74) is 0.0450. The van der Waals surface area contributed by atoms with E-state index in [0.29, 0.717) is 6.04 Å². The van der Waals surface area contributed by atoms with Crippen LogP contribution in [0.2, 0.25) is 0 Å². The molecule has 0 amide bonds. The Morgan fingerprint density at radius 1 is 1.48 bits per heavy atom. The predicted molar refractivity (Wildman–Crippen MR) is 84.6 cm³/mol. The number of aryl methyl sites for hydroxylation is 1. The second kappa shape index (κ2) is 7.80. The molecule has 1 saturated heterocycles. The van der Waals surface area contributed by atoms with Crippen molar-refractivity contribution in [1.29, 1.82) is 0 Å². The van der Waals surface area contributed by atoms with E-state index in [2.05, 4.69) is 28.7 Å². The summed E-state index contributed by atoms with van der Waals surface area (Å²) in [7, 11) is 1.74. The lowest BCUT2D eigenvalue weighted by atomic mass is 9.86. The Labute approximate surface area is 128 Å². The van der Waals surface area contributed by atoms with Gasteiger partial charge in [0.2, 0.25) is 5.95 Å². The van der Waals surface area contributed by atoms with Gasteiger partial charge in [0, 0.05) is 45.3 Å². The van der Waals surface area contributed by atoms with Crippen molar-refractivity contribution in [3.63, 3.8) is 0 Å². The van der Waals surface area contributed by atoms with E-state index in [1.807, 2.05) is 12.4 Å². The zero-order chi connectivity index (χ0) is 15.1. The number of anilines is 1. The summed E-state index contributed by atoms with van der Waals surface area (Å²) >= 11 is 0. The van der Waals surface area contributed by atoms with E-state index >= 15 is 0 Å². The lowest BCUT2D eigenvalue weighted by molar-refractivity contribution is -0.0865. The fourth-order valence-corrected chi connectivity index (χ4v) is 3.09. The average molecular weight is 295 g/mol. The van der Waals surface area contributed by atoms with Crippen molar-refractivity contribution in [3.05, 3.63) is 12.4 Å². The summed E-state index contributed by atoms with van der Waals surface area (Å²) in [6.07, 6.45) is 9.15. The minimum atomic E-state index is 0.0450. The van der Waals surface area contributed by atoms with Gasteiger partial charge in [-0.1, -0.05) is 13.8 Å². The zero-order valence-corrected chi connectivity index (χ0v) is 13.6. The molecule has 21 heavy (non-hydrogen) atoms. The number of methoxy groups -OCH3 is 1. The van der Waals surface area contributed by atoms with E-state index in [-0.39, 0.29) is 5.60 Å². The molecule has 0 saturated carbocycles. The van der Waals surface area contributed by atoms with Crippen molar-refractivity contribution in [1.82, 2.24) is 9.55 Å². The first-order valence-electron chi connectivity index (χ1n) is 8.13. The normalized spacial score (nSPS) is 21.4. The molecule has 5 nitrogen and oxygen atoms in total. The molecule has 2 rings (SSSR count). The topological polar surface area (TPSA) is 48.3 Å². The molecule has 5 heteroatoms.